The first-order valence-corrected chi connectivity index (χ1v) is 8.92. The number of benzene rings is 1. The molecule has 1 heterocycles. The smallest absolute Gasteiger partial charge is 0.243 e. The van der Waals surface area contributed by atoms with Gasteiger partial charge in [0.15, 0.2) is 0 Å². The Bertz CT molecular complexity index is 584. The Morgan fingerprint density at radius 1 is 1.24 bits per heavy atom. The standard InChI is InChI=1S/C14H21ClN2O3S/c1-2-5-16-6-8-17(9-7-16)21(19,20)13-3-4-14(15)12(10-13)11-18/h3-4,10,18H,2,5-9,11H2,1H3. The maximum atomic E-state index is 12.6. The van der Waals surface area contributed by atoms with Crippen LogP contribution < -0.4 is 0 Å². The number of nitrogens with zero attached hydrogens (tertiary/aromatic N) is 2. The molecule has 21 heavy (non-hydrogen) atoms. The monoisotopic (exact) mass is 332 g/mol. The average Bonchev–Trinajstić information content (AvgIpc) is 2.48. The molecule has 0 aromatic heterocycles. The zero-order valence-corrected chi connectivity index (χ0v) is 13.7. The van der Waals surface area contributed by atoms with E-state index in [1.54, 1.807) is 0 Å². The summed E-state index contributed by atoms with van der Waals surface area (Å²) in [6, 6.07) is 4.47. The topological polar surface area (TPSA) is 60.9 Å². The van der Waals surface area contributed by atoms with Crippen molar-refractivity contribution in [3.8, 4) is 0 Å². The molecule has 0 spiro atoms. The highest BCUT2D eigenvalue weighted by Crippen LogP contribution is 2.23. The summed E-state index contributed by atoms with van der Waals surface area (Å²) >= 11 is 5.91. The lowest BCUT2D eigenvalue weighted by atomic mass is 10.2. The van der Waals surface area contributed by atoms with Crippen LogP contribution >= 0.6 is 11.6 Å². The highest BCUT2D eigenvalue weighted by atomic mass is 35.5. The first-order valence-electron chi connectivity index (χ1n) is 7.11. The van der Waals surface area contributed by atoms with E-state index in [0.717, 1.165) is 26.1 Å². The van der Waals surface area contributed by atoms with E-state index in [1.165, 1.54) is 22.5 Å². The van der Waals surface area contributed by atoms with Gasteiger partial charge < -0.3 is 10.0 Å². The van der Waals surface area contributed by atoms with Crippen LogP contribution in [0.15, 0.2) is 23.1 Å². The van der Waals surface area contributed by atoms with E-state index < -0.39 is 10.0 Å². The number of halogens is 1. The average molecular weight is 333 g/mol. The minimum absolute atomic E-state index is 0.194. The SMILES string of the molecule is CCCN1CCN(S(=O)(=O)c2ccc(Cl)c(CO)c2)CC1. The fourth-order valence-electron chi connectivity index (χ4n) is 2.49. The van der Waals surface area contributed by atoms with Crippen LogP contribution in [0, 0.1) is 0 Å². The zero-order chi connectivity index (χ0) is 15.5. The van der Waals surface area contributed by atoms with Gasteiger partial charge in [-0.05, 0) is 36.7 Å². The van der Waals surface area contributed by atoms with Gasteiger partial charge in [0.2, 0.25) is 10.0 Å². The predicted octanol–water partition coefficient (Wildman–Crippen LogP) is 1.55. The lowest BCUT2D eigenvalue weighted by Crippen LogP contribution is -2.48. The summed E-state index contributed by atoms with van der Waals surface area (Å²) in [5, 5.41) is 9.59. The first-order chi connectivity index (χ1) is 9.98. The van der Waals surface area contributed by atoms with E-state index in [0.29, 0.717) is 23.7 Å². The van der Waals surface area contributed by atoms with E-state index in [-0.39, 0.29) is 11.5 Å². The molecule has 0 saturated carbocycles. The molecule has 0 atom stereocenters. The summed E-state index contributed by atoms with van der Waals surface area (Å²) in [7, 11) is -3.51. The minimum atomic E-state index is -3.51. The molecule has 0 radical (unpaired) electrons. The van der Waals surface area contributed by atoms with E-state index in [1.807, 2.05) is 0 Å². The summed E-state index contributed by atoms with van der Waals surface area (Å²) in [5.74, 6) is 0. The van der Waals surface area contributed by atoms with Gasteiger partial charge >= 0.3 is 0 Å². The van der Waals surface area contributed by atoms with Gasteiger partial charge in [-0.1, -0.05) is 18.5 Å². The van der Waals surface area contributed by atoms with E-state index in [4.69, 9.17) is 11.6 Å². The minimum Gasteiger partial charge on any atom is -0.392 e. The number of aliphatic hydroxyl groups is 1. The Labute approximate surface area is 131 Å². The first kappa shape index (κ1) is 16.7. The van der Waals surface area contributed by atoms with Crippen molar-refractivity contribution >= 4 is 21.6 Å². The Kier molecular flexibility index (Phi) is 5.62. The van der Waals surface area contributed by atoms with Crippen LogP contribution in [0.1, 0.15) is 18.9 Å². The molecule has 7 heteroatoms. The molecule has 2 rings (SSSR count). The van der Waals surface area contributed by atoms with Crippen molar-refractivity contribution < 1.29 is 13.5 Å². The maximum absolute atomic E-state index is 12.6. The van der Waals surface area contributed by atoms with Crippen molar-refractivity contribution in [1.82, 2.24) is 9.21 Å². The van der Waals surface area contributed by atoms with Crippen LogP contribution in [-0.4, -0.2) is 55.5 Å². The molecule has 1 aromatic carbocycles. The van der Waals surface area contributed by atoms with Crippen molar-refractivity contribution in [2.45, 2.75) is 24.8 Å². The second-order valence-electron chi connectivity index (χ2n) is 5.16. The molecule has 1 N–H and O–H groups in total. The lowest BCUT2D eigenvalue weighted by molar-refractivity contribution is 0.188. The number of piperazine rings is 1. The van der Waals surface area contributed by atoms with Gasteiger partial charge in [0.05, 0.1) is 11.5 Å². The maximum Gasteiger partial charge on any atom is 0.243 e. The van der Waals surface area contributed by atoms with E-state index >= 15 is 0 Å². The van der Waals surface area contributed by atoms with E-state index in [9.17, 15) is 13.5 Å². The third kappa shape index (κ3) is 3.76. The third-order valence-electron chi connectivity index (χ3n) is 3.70. The van der Waals surface area contributed by atoms with Crippen LogP contribution in [0.4, 0.5) is 0 Å². The molecular weight excluding hydrogens is 312 g/mol. The fraction of sp³-hybridized carbons (Fsp3) is 0.571. The second-order valence-corrected chi connectivity index (χ2v) is 7.50. The molecular formula is C14H21ClN2O3S. The van der Waals surface area contributed by atoms with Gasteiger partial charge in [-0.3, -0.25) is 0 Å². The number of hydrogen-bond donors (Lipinski definition) is 1. The predicted molar refractivity (Wildman–Crippen MR) is 82.9 cm³/mol. The summed E-state index contributed by atoms with van der Waals surface area (Å²) in [6.07, 6.45) is 1.07. The van der Waals surface area contributed by atoms with Crippen molar-refractivity contribution in [3.05, 3.63) is 28.8 Å². The normalized spacial score (nSPS) is 18.0. The number of rotatable bonds is 5. The highest BCUT2D eigenvalue weighted by molar-refractivity contribution is 7.89. The Morgan fingerprint density at radius 3 is 2.48 bits per heavy atom. The number of sulfonamides is 1. The summed E-state index contributed by atoms with van der Waals surface area (Å²) in [6.45, 7) is 5.36. The van der Waals surface area contributed by atoms with Gasteiger partial charge in [0, 0.05) is 31.2 Å². The molecule has 0 bridgehead atoms. The van der Waals surface area contributed by atoms with Crippen LogP contribution in [-0.2, 0) is 16.6 Å². The van der Waals surface area contributed by atoms with Crippen LogP contribution in [0.5, 0.6) is 0 Å². The van der Waals surface area contributed by atoms with Gasteiger partial charge in [0.1, 0.15) is 0 Å². The van der Waals surface area contributed by atoms with Crippen molar-refractivity contribution in [2.24, 2.45) is 0 Å². The molecule has 0 unspecified atom stereocenters. The molecule has 0 aliphatic carbocycles. The van der Waals surface area contributed by atoms with E-state index in [2.05, 4.69) is 11.8 Å². The molecule has 1 aromatic rings. The highest BCUT2D eigenvalue weighted by Gasteiger charge is 2.28. The molecule has 1 saturated heterocycles. The Hall–Kier alpha value is -0.660. The van der Waals surface area contributed by atoms with Gasteiger partial charge in [-0.25, -0.2) is 8.42 Å². The van der Waals surface area contributed by atoms with Crippen LogP contribution in [0.25, 0.3) is 0 Å². The Balaban J connectivity index is 2.15. The second kappa shape index (κ2) is 7.07. The zero-order valence-electron chi connectivity index (χ0n) is 12.1. The number of hydrogen-bond acceptors (Lipinski definition) is 4. The van der Waals surface area contributed by atoms with Crippen molar-refractivity contribution in [2.75, 3.05) is 32.7 Å². The largest absolute Gasteiger partial charge is 0.392 e. The van der Waals surface area contributed by atoms with Crippen molar-refractivity contribution in [3.63, 3.8) is 0 Å². The molecule has 1 aliphatic heterocycles. The van der Waals surface area contributed by atoms with Gasteiger partial charge in [0.25, 0.3) is 0 Å². The van der Waals surface area contributed by atoms with Gasteiger partial charge in [-0.2, -0.15) is 4.31 Å². The van der Waals surface area contributed by atoms with Crippen LogP contribution in [0.3, 0.4) is 0 Å². The summed E-state index contributed by atoms with van der Waals surface area (Å²) in [5.41, 5.74) is 0.433. The third-order valence-corrected chi connectivity index (χ3v) is 5.96. The lowest BCUT2D eigenvalue weighted by Gasteiger charge is -2.33. The summed E-state index contributed by atoms with van der Waals surface area (Å²) < 4.78 is 26.7. The quantitative estimate of drug-likeness (QED) is 0.888. The molecule has 118 valence electrons. The number of aliphatic hydroxyl groups excluding tert-OH is 1. The van der Waals surface area contributed by atoms with Crippen LogP contribution in [0.2, 0.25) is 5.02 Å². The Morgan fingerprint density at radius 2 is 1.90 bits per heavy atom. The molecule has 0 amide bonds. The van der Waals surface area contributed by atoms with Crippen molar-refractivity contribution in [1.29, 1.82) is 0 Å². The molecule has 1 fully saturated rings. The molecule has 1 aliphatic rings. The van der Waals surface area contributed by atoms with Gasteiger partial charge in [-0.15, -0.1) is 0 Å². The molecule has 5 nitrogen and oxygen atoms in total. The summed E-state index contributed by atoms with van der Waals surface area (Å²) in [4.78, 5) is 2.47. The fourth-order valence-corrected chi connectivity index (χ4v) is 4.14.